The molecule has 0 saturated carbocycles. The van der Waals surface area contributed by atoms with Crippen molar-refractivity contribution in [1.82, 2.24) is 15.2 Å². The molecule has 1 atom stereocenters. The van der Waals surface area contributed by atoms with Crippen LogP contribution in [0, 0.1) is 5.92 Å². The summed E-state index contributed by atoms with van der Waals surface area (Å²) in [5.74, 6) is -0.0116. The number of urea groups is 1. The fourth-order valence-electron chi connectivity index (χ4n) is 2.83. The van der Waals surface area contributed by atoms with E-state index in [1.807, 2.05) is 13.8 Å². The summed E-state index contributed by atoms with van der Waals surface area (Å²) in [6.07, 6.45) is -3.82. The van der Waals surface area contributed by atoms with Crippen molar-refractivity contribution in [2.75, 3.05) is 0 Å². The van der Waals surface area contributed by atoms with E-state index >= 15 is 0 Å². The van der Waals surface area contributed by atoms with E-state index in [1.165, 1.54) is 23.5 Å². The number of alkyl halides is 3. The smallest absolute Gasteiger partial charge is 0.326 e. The number of amides is 3. The summed E-state index contributed by atoms with van der Waals surface area (Å²) >= 11 is 1.25. The number of benzene rings is 1. The molecule has 1 aromatic heterocycles. The normalized spacial score (nSPS) is 17.7. The minimum Gasteiger partial charge on any atom is -0.326 e. The van der Waals surface area contributed by atoms with Crippen LogP contribution in [-0.4, -0.2) is 27.9 Å². The van der Waals surface area contributed by atoms with Crippen LogP contribution in [0.15, 0.2) is 29.6 Å². The molecule has 144 valence electrons. The molecular weight excluding hydrogens is 379 g/mol. The number of carbonyl (C=O) groups is 2. The van der Waals surface area contributed by atoms with Crippen LogP contribution in [0.3, 0.4) is 0 Å². The summed E-state index contributed by atoms with van der Waals surface area (Å²) in [6, 6.07) is 3.75. The van der Waals surface area contributed by atoms with Crippen molar-refractivity contribution in [3.63, 3.8) is 0 Å². The highest BCUT2D eigenvalue weighted by Crippen LogP contribution is 2.32. The lowest BCUT2D eigenvalue weighted by Gasteiger charge is -2.12. The first-order valence-electron chi connectivity index (χ1n) is 8.39. The Kier molecular flexibility index (Phi) is 5.23. The Morgan fingerprint density at radius 3 is 2.48 bits per heavy atom. The van der Waals surface area contributed by atoms with Crippen LogP contribution in [0.25, 0.3) is 10.6 Å². The second-order valence-corrected chi connectivity index (χ2v) is 7.63. The third kappa shape index (κ3) is 4.29. The second-order valence-electron chi connectivity index (χ2n) is 6.78. The van der Waals surface area contributed by atoms with Gasteiger partial charge in [-0.15, -0.1) is 11.3 Å². The van der Waals surface area contributed by atoms with E-state index < -0.39 is 23.8 Å². The molecule has 1 saturated heterocycles. The topological polar surface area (TPSA) is 62.3 Å². The second kappa shape index (κ2) is 7.30. The Labute approximate surface area is 158 Å². The monoisotopic (exact) mass is 397 g/mol. The van der Waals surface area contributed by atoms with Crippen LogP contribution in [-0.2, 0) is 17.5 Å². The van der Waals surface area contributed by atoms with Crippen LogP contribution < -0.4 is 5.32 Å². The van der Waals surface area contributed by atoms with Crippen LogP contribution in [0.1, 0.15) is 31.5 Å². The summed E-state index contributed by atoms with van der Waals surface area (Å²) in [5, 5.41) is 4.90. The highest BCUT2D eigenvalue weighted by Gasteiger charge is 2.38. The number of aromatic nitrogens is 1. The third-order valence-electron chi connectivity index (χ3n) is 4.15. The molecule has 1 aliphatic heterocycles. The van der Waals surface area contributed by atoms with Crippen molar-refractivity contribution in [1.29, 1.82) is 0 Å². The molecule has 0 radical (unpaired) electrons. The Hall–Kier alpha value is -2.42. The number of nitrogens with one attached hydrogen (secondary N) is 1. The number of halogens is 3. The minimum atomic E-state index is -4.39. The van der Waals surface area contributed by atoms with Gasteiger partial charge < -0.3 is 5.32 Å². The first-order valence-corrected chi connectivity index (χ1v) is 9.27. The third-order valence-corrected chi connectivity index (χ3v) is 5.09. The van der Waals surface area contributed by atoms with Gasteiger partial charge >= 0.3 is 12.2 Å². The summed E-state index contributed by atoms with van der Waals surface area (Å²) < 4.78 is 37.9. The maximum atomic E-state index is 12.6. The molecule has 0 spiro atoms. The summed E-state index contributed by atoms with van der Waals surface area (Å²) in [6.45, 7) is 3.98. The number of hydrogen-bond donors (Lipinski definition) is 1. The Balaban J connectivity index is 1.71. The molecule has 3 rings (SSSR count). The fourth-order valence-corrected chi connectivity index (χ4v) is 3.65. The Bertz CT molecular complexity index is 846. The van der Waals surface area contributed by atoms with Crippen molar-refractivity contribution >= 4 is 23.3 Å². The van der Waals surface area contributed by atoms with Crippen molar-refractivity contribution in [2.45, 2.75) is 39.0 Å². The SMILES string of the molecule is CC(C)CC1NC(=O)N(Cc2csc(-c3ccc(C(F)(F)F)cc3)n2)C1=O. The van der Waals surface area contributed by atoms with Gasteiger partial charge in [-0.3, -0.25) is 9.69 Å². The van der Waals surface area contributed by atoms with E-state index in [0.717, 1.165) is 17.0 Å². The average Bonchev–Trinajstić information content (AvgIpc) is 3.15. The first-order chi connectivity index (χ1) is 12.6. The zero-order valence-electron chi connectivity index (χ0n) is 14.7. The van der Waals surface area contributed by atoms with Crippen molar-refractivity contribution < 1.29 is 22.8 Å². The van der Waals surface area contributed by atoms with E-state index in [0.29, 0.717) is 22.7 Å². The lowest BCUT2D eigenvalue weighted by molar-refractivity contribution is -0.137. The van der Waals surface area contributed by atoms with Gasteiger partial charge in [-0.2, -0.15) is 13.2 Å². The van der Waals surface area contributed by atoms with E-state index in [4.69, 9.17) is 0 Å². The molecule has 1 unspecified atom stereocenters. The molecule has 2 heterocycles. The van der Waals surface area contributed by atoms with Crippen molar-refractivity contribution in [3.8, 4) is 10.6 Å². The summed E-state index contributed by atoms with van der Waals surface area (Å²) in [4.78, 5) is 29.9. The van der Waals surface area contributed by atoms with Crippen LogP contribution in [0.5, 0.6) is 0 Å². The molecule has 1 N–H and O–H groups in total. The lowest BCUT2D eigenvalue weighted by Crippen LogP contribution is -2.31. The predicted molar refractivity (Wildman–Crippen MR) is 94.9 cm³/mol. The number of imide groups is 1. The standard InChI is InChI=1S/C18H18F3N3O2S/c1-10(2)7-14-16(25)24(17(26)23-14)8-13-9-27-15(22-13)11-3-5-12(6-4-11)18(19,20)21/h3-6,9-10,14H,7-8H2,1-2H3,(H,23,26). The van der Waals surface area contributed by atoms with Gasteiger partial charge in [0.15, 0.2) is 0 Å². The first kappa shape index (κ1) is 19.3. The molecule has 1 aliphatic rings. The lowest BCUT2D eigenvalue weighted by atomic mass is 10.0. The van der Waals surface area contributed by atoms with Gasteiger partial charge in [-0.1, -0.05) is 26.0 Å². The summed E-state index contributed by atoms with van der Waals surface area (Å²) in [7, 11) is 0. The van der Waals surface area contributed by atoms with E-state index in [-0.39, 0.29) is 18.4 Å². The number of hydrogen-bond acceptors (Lipinski definition) is 4. The molecular formula is C18H18F3N3O2S. The molecule has 1 aromatic carbocycles. The van der Waals surface area contributed by atoms with Gasteiger partial charge in [-0.05, 0) is 24.5 Å². The fraction of sp³-hybridized carbons (Fsp3) is 0.389. The van der Waals surface area contributed by atoms with Crippen molar-refractivity contribution in [2.24, 2.45) is 5.92 Å². The minimum absolute atomic E-state index is 0.0381. The van der Waals surface area contributed by atoms with Crippen LogP contribution >= 0.6 is 11.3 Å². The van der Waals surface area contributed by atoms with Crippen LogP contribution in [0.4, 0.5) is 18.0 Å². The molecule has 2 aromatic rings. The quantitative estimate of drug-likeness (QED) is 0.766. The van der Waals surface area contributed by atoms with Gasteiger partial charge in [0, 0.05) is 10.9 Å². The molecule has 0 aliphatic carbocycles. The predicted octanol–water partition coefficient (Wildman–Crippen LogP) is 4.30. The molecule has 0 bridgehead atoms. The summed E-state index contributed by atoms with van der Waals surface area (Å²) in [5.41, 5.74) is 0.344. The van der Waals surface area contributed by atoms with Gasteiger partial charge in [0.25, 0.3) is 5.91 Å². The number of carbonyl (C=O) groups excluding carboxylic acids is 2. The Morgan fingerprint density at radius 2 is 1.89 bits per heavy atom. The van der Waals surface area contributed by atoms with E-state index in [2.05, 4.69) is 10.3 Å². The van der Waals surface area contributed by atoms with Crippen molar-refractivity contribution in [3.05, 3.63) is 40.9 Å². The van der Waals surface area contributed by atoms with Crippen LogP contribution in [0.2, 0.25) is 0 Å². The molecule has 1 fully saturated rings. The number of thiazole rings is 1. The van der Waals surface area contributed by atoms with Gasteiger partial charge in [0.1, 0.15) is 11.0 Å². The van der Waals surface area contributed by atoms with Gasteiger partial charge in [0.2, 0.25) is 0 Å². The number of rotatable bonds is 5. The van der Waals surface area contributed by atoms with Gasteiger partial charge in [0.05, 0.1) is 17.8 Å². The van der Waals surface area contributed by atoms with E-state index in [9.17, 15) is 22.8 Å². The molecule has 27 heavy (non-hydrogen) atoms. The van der Waals surface area contributed by atoms with E-state index in [1.54, 1.807) is 5.38 Å². The molecule has 3 amide bonds. The zero-order valence-corrected chi connectivity index (χ0v) is 15.5. The highest BCUT2D eigenvalue weighted by molar-refractivity contribution is 7.13. The molecule has 5 nitrogen and oxygen atoms in total. The Morgan fingerprint density at radius 1 is 1.22 bits per heavy atom. The zero-order chi connectivity index (χ0) is 19.8. The highest BCUT2D eigenvalue weighted by atomic mass is 32.1. The van der Waals surface area contributed by atoms with Gasteiger partial charge in [-0.25, -0.2) is 9.78 Å². The number of nitrogens with zero attached hydrogens (tertiary/aromatic N) is 2. The average molecular weight is 397 g/mol. The maximum Gasteiger partial charge on any atom is 0.416 e. The maximum absolute atomic E-state index is 12.6. The molecule has 9 heteroatoms. The largest absolute Gasteiger partial charge is 0.416 e.